The minimum absolute atomic E-state index is 0.645. The van der Waals surface area contributed by atoms with Gasteiger partial charge in [-0.15, -0.1) is 52.7 Å². The van der Waals surface area contributed by atoms with Crippen LogP contribution in [0.4, 0.5) is 158 Å². The molecule has 0 aromatic rings. The van der Waals surface area contributed by atoms with Gasteiger partial charge in [0.25, 0.3) is 0 Å². The molecule has 2 unspecified atom stereocenters. The molecule has 61 heavy (non-hydrogen) atoms. The third kappa shape index (κ3) is 12.7. The SMILES string of the molecule is FC(F)(F)OC(F)(F)C(F)(F)OC(F)(F)C(C(F)(F)OC(F)(F)C(F)(F)OC(F)(F)F)(C(F)(F)OC(F)(OC(F)(F)F)C(F)(F)F)C(F)(F)OC(F)(OC(F)(F)F)C(F)(F)F. The highest BCUT2D eigenvalue weighted by molar-refractivity contribution is 5.09. The Bertz CT molecular complexity index is 1370. The average Bonchev–Trinajstić information content (AvgIpc) is 2.78. The first kappa shape index (κ1) is 58.2. The van der Waals surface area contributed by atoms with Gasteiger partial charge in [0.15, 0.2) is 0 Å². The van der Waals surface area contributed by atoms with E-state index in [1.54, 1.807) is 0 Å². The molecule has 0 saturated heterocycles. The third-order valence-corrected chi connectivity index (χ3v) is 5.11. The Hall–Kier alpha value is -2.84. The zero-order valence-corrected chi connectivity index (χ0v) is 25.4. The van der Waals surface area contributed by atoms with Crippen molar-refractivity contribution in [2.45, 2.75) is 98.8 Å². The van der Waals surface area contributed by atoms with Gasteiger partial charge in [-0.3, -0.25) is 9.47 Å². The Morgan fingerprint density at radius 2 is 0.328 bits per heavy atom. The van der Waals surface area contributed by atoms with Crippen molar-refractivity contribution in [3.05, 3.63) is 0 Å². The van der Waals surface area contributed by atoms with Crippen molar-refractivity contribution in [3.63, 3.8) is 0 Å². The molecule has 0 aliphatic rings. The molecule has 0 spiro atoms. The summed E-state index contributed by atoms with van der Waals surface area (Å²) in [7, 11) is 0. The van der Waals surface area contributed by atoms with Crippen LogP contribution in [-0.2, 0) is 37.9 Å². The van der Waals surface area contributed by atoms with Crippen molar-refractivity contribution in [3.8, 4) is 0 Å². The molecular weight excluding hydrogens is 1020 g/mol. The van der Waals surface area contributed by atoms with Crippen LogP contribution in [0.25, 0.3) is 0 Å². The number of hydrogen-bond donors (Lipinski definition) is 0. The zero-order valence-electron chi connectivity index (χ0n) is 25.4. The molecule has 0 heterocycles. The molecule has 0 fully saturated rings. The van der Waals surface area contributed by atoms with E-state index >= 15 is 35.1 Å². The largest absolute Gasteiger partial charge is 0.527 e. The fraction of sp³-hybridized carbons (Fsp3) is 1.00. The molecule has 368 valence electrons. The molecule has 8 nitrogen and oxygen atoms in total. The topological polar surface area (TPSA) is 73.8 Å². The molecule has 0 radical (unpaired) electrons. The van der Waals surface area contributed by atoms with Crippen LogP contribution in [0.1, 0.15) is 0 Å². The van der Waals surface area contributed by atoms with Gasteiger partial charge in [0, 0.05) is 0 Å². The Morgan fingerprint density at radius 1 is 0.164 bits per heavy atom. The van der Waals surface area contributed by atoms with Gasteiger partial charge in [0.1, 0.15) is 0 Å². The van der Waals surface area contributed by atoms with E-state index in [1.165, 1.54) is 0 Å². The maximum atomic E-state index is 15.3. The van der Waals surface area contributed by atoms with E-state index < -0.39 is 104 Å². The molecule has 0 N–H and O–H groups in total. The second kappa shape index (κ2) is 15.7. The van der Waals surface area contributed by atoms with Crippen LogP contribution in [0.5, 0.6) is 0 Å². The molecule has 0 aliphatic carbocycles. The molecule has 0 aliphatic heterocycles. The lowest BCUT2D eigenvalue weighted by Gasteiger charge is -2.51. The smallest absolute Gasteiger partial charge is 0.250 e. The molecule has 0 rings (SSSR count). The van der Waals surface area contributed by atoms with Crippen LogP contribution < -0.4 is 0 Å². The summed E-state index contributed by atoms with van der Waals surface area (Å²) < 4.78 is 493. The van der Waals surface area contributed by atoms with Gasteiger partial charge < -0.3 is 0 Å². The molecule has 0 aromatic heterocycles. The standard InChI is InChI=1S/C17F36O8/c18-2(19,20)12(40,60-16(48,49)50)56-6(28,29)1(4(24,25)54-8(32,33)10(36,37)58-14(42,43)44,5(26,27)55-9(34,35)11(38,39)59-15(45,46)47)7(30,31)57-13(41,3(21,22)23)61-17(51,52)53. The summed E-state index contributed by atoms with van der Waals surface area (Å²) >= 11 is 0. The third-order valence-electron chi connectivity index (χ3n) is 5.11. The van der Waals surface area contributed by atoms with Crippen molar-refractivity contribution in [1.82, 2.24) is 0 Å². The molecule has 0 saturated carbocycles. The second-order valence-electron chi connectivity index (χ2n) is 9.55. The van der Waals surface area contributed by atoms with Crippen molar-refractivity contribution < 1.29 is 196 Å². The minimum atomic E-state index is -11.0. The minimum Gasteiger partial charge on any atom is -0.250 e. The van der Waals surface area contributed by atoms with Gasteiger partial charge in [-0.25, -0.2) is 28.4 Å². The van der Waals surface area contributed by atoms with E-state index in [1.807, 2.05) is 0 Å². The van der Waals surface area contributed by atoms with Crippen molar-refractivity contribution in [2.24, 2.45) is 5.41 Å². The lowest BCUT2D eigenvalue weighted by molar-refractivity contribution is -0.653. The van der Waals surface area contributed by atoms with E-state index in [0.29, 0.717) is 9.47 Å². The lowest BCUT2D eigenvalue weighted by atomic mass is 9.80. The first-order valence-corrected chi connectivity index (χ1v) is 12.1. The molecule has 2 atom stereocenters. The fourth-order valence-corrected chi connectivity index (χ4v) is 3.07. The van der Waals surface area contributed by atoms with Gasteiger partial charge in [-0.2, -0.15) is 105 Å². The summed E-state index contributed by atoms with van der Waals surface area (Å²) in [5, 5.41) is 0. The number of rotatable bonds is 18. The van der Waals surface area contributed by atoms with E-state index in [-0.39, 0.29) is 0 Å². The van der Waals surface area contributed by atoms with Crippen LogP contribution in [0.15, 0.2) is 0 Å². The summed E-state index contributed by atoms with van der Waals surface area (Å²) in [6, 6.07) is -17.9. The molecular formula is C17F36O8. The fourth-order valence-electron chi connectivity index (χ4n) is 3.07. The lowest BCUT2D eigenvalue weighted by Crippen LogP contribution is -2.79. The number of halogens is 36. The van der Waals surface area contributed by atoms with E-state index in [0.717, 1.165) is 28.4 Å². The van der Waals surface area contributed by atoms with Gasteiger partial charge in [0.2, 0.25) is 0 Å². The van der Waals surface area contributed by atoms with E-state index in [2.05, 4.69) is 0 Å². The summed E-state index contributed by atoms with van der Waals surface area (Å²) in [5.41, 5.74) is -11.0. The quantitative estimate of drug-likeness (QED) is 0.0993. The van der Waals surface area contributed by atoms with Crippen LogP contribution in [0.3, 0.4) is 0 Å². The number of hydrogen-bond acceptors (Lipinski definition) is 8. The Morgan fingerprint density at radius 3 is 0.492 bits per heavy atom. The van der Waals surface area contributed by atoms with Crippen LogP contribution in [-0.4, -0.2) is 98.8 Å². The number of ether oxygens (including phenoxy) is 8. The highest BCUT2D eigenvalue weighted by Gasteiger charge is 2.99. The second-order valence-corrected chi connectivity index (χ2v) is 9.55. The normalized spacial score (nSPS) is 18.3. The van der Waals surface area contributed by atoms with Crippen LogP contribution in [0, 0.1) is 5.41 Å². The Balaban J connectivity index is 9.50. The molecule has 44 heteroatoms. The van der Waals surface area contributed by atoms with Gasteiger partial charge in [-0.1, -0.05) is 0 Å². The van der Waals surface area contributed by atoms with Gasteiger partial charge in [-0.05, 0) is 0 Å². The summed E-state index contributed by atoms with van der Waals surface area (Å²) in [6.45, 7) is 0. The first-order chi connectivity index (χ1) is 25.7. The van der Waals surface area contributed by atoms with Crippen molar-refractivity contribution >= 4 is 0 Å². The van der Waals surface area contributed by atoms with Crippen molar-refractivity contribution in [2.75, 3.05) is 0 Å². The molecule has 0 bridgehead atoms. The summed E-state index contributed by atoms with van der Waals surface area (Å²) in [6.07, 6.45) is -126. The summed E-state index contributed by atoms with van der Waals surface area (Å²) in [5.74, 6) is 0. The Labute approximate surface area is 301 Å². The van der Waals surface area contributed by atoms with Crippen LogP contribution in [0.2, 0.25) is 0 Å². The maximum absolute atomic E-state index is 15.3. The summed E-state index contributed by atoms with van der Waals surface area (Å²) in [4.78, 5) is 0. The predicted octanol–water partition coefficient (Wildman–Crippen LogP) is 11.3. The predicted molar refractivity (Wildman–Crippen MR) is 94.7 cm³/mol. The molecule has 0 aromatic carbocycles. The van der Waals surface area contributed by atoms with E-state index in [4.69, 9.17) is 0 Å². The monoisotopic (exact) mass is 1020 g/mol. The average molecular weight is 1020 g/mol. The highest BCUT2D eigenvalue weighted by Crippen LogP contribution is 2.70. The maximum Gasteiger partial charge on any atom is 0.527 e. The van der Waals surface area contributed by atoms with E-state index in [9.17, 15) is 123 Å². The molecule has 0 amide bonds. The Kier molecular flexibility index (Phi) is 15.0. The van der Waals surface area contributed by atoms with Crippen LogP contribution >= 0.6 is 0 Å². The zero-order chi connectivity index (χ0) is 50.2. The van der Waals surface area contributed by atoms with Crippen molar-refractivity contribution in [1.29, 1.82) is 0 Å². The first-order valence-electron chi connectivity index (χ1n) is 12.1. The highest BCUT2D eigenvalue weighted by atomic mass is 19.5. The van der Waals surface area contributed by atoms with Gasteiger partial charge >= 0.3 is 104 Å². The number of alkyl halides is 36. The van der Waals surface area contributed by atoms with Gasteiger partial charge in [0.05, 0.1) is 0 Å².